The summed E-state index contributed by atoms with van der Waals surface area (Å²) in [5, 5.41) is 0. The maximum Gasteiger partial charge on any atom is 0.253 e. The highest BCUT2D eigenvalue weighted by molar-refractivity contribution is 5.83. The second-order valence-corrected chi connectivity index (χ2v) is 1.61. The van der Waals surface area contributed by atoms with Crippen molar-refractivity contribution in [2.24, 2.45) is 22.9 Å². The fourth-order valence-electron chi connectivity index (χ4n) is 0.101. The first kappa shape index (κ1) is 7.35. The van der Waals surface area contributed by atoms with Crippen LogP contribution in [0.5, 0.6) is 0 Å². The molecule has 0 spiro atoms. The molecule has 48 valence electrons. The Morgan fingerprint density at radius 3 is 1.88 bits per heavy atom. The summed E-state index contributed by atoms with van der Waals surface area (Å²) in [5.74, 6) is -0.792. The predicted octanol–water partition coefficient (Wildman–Crippen LogP) is -2.96. The van der Waals surface area contributed by atoms with Crippen LogP contribution in [0.3, 0.4) is 0 Å². The van der Waals surface area contributed by atoms with Crippen LogP contribution in [0.4, 0.5) is 0 Å². The standard InChI is InChI=1S/C3H10N4O/c4-1-3(6,7)2(5)8/h1,4,6-7H2,(H2,5,8). The third-order valence-electron chi connectivity index (χ3n) is 0.797. The van der Waals surface area contributed by atoms with Crippen molar-refractivity contribution in [1.29, 1.82) is 0 Å². The Hall–Kier alpha value is -0.650. The van der Waals surface area contributed by atoms with E-state index in [9.17, 15) is 4.79 Å². The quantitative estimate of drug-likeness (QED) is 0.289. The Labute approximate surface area is 47.0 Å². The minimum absolute atomic E-state index is 0.137. The molecular formula is C3H10N4O. The summed E-state index contributed by atoms with van der Waals surface area (Å²) < 4.78 is 0. The first-order valence-electron chi connectivity index (χ1n) is 2.08. The average molecular weight is 118 g/mol. The molecule has 0 aromatic rings. The van der Waals surface area contributed by atoms with Crippen molar-refractivity contribution >= 4 is 5.91 Å². The lowest BCUT2D eigenvalue weighted by molar-refractivity contribution is -0.122. The second kappa shape index (κ2) is 2.08. The topological polar surface area (TPSA) is 121 Å². The Balaban J connectivity index is 3.91. The number of primary amides is 1. The number of carbonyl (C=O) groups excluding carboxylic acids is 1. The van der Waals surface area contributed by atoms with Crippen LogP contribution in [-0.4, -0.2) is 18.1 Å². The molecule has 0 aliphatic heterocycles. The molecule has 0 bridgehead atoms. The van der Waals surface area contributed by atoms with Crippen molar-refractivity contribution in [2.75, 3.05) is 6.54 Å². The number of rotatable bonds is 2. The minimum atomic E-state index is -1.54. The third kappa shape index (κ3) is 1.45. The van der Waals surface area contributed by atoms with Gasteiger partial charge in [0.2, 0.25) is 0 Å². The molecule has 0 aliphatic rings. The lowest BCUT2D eigenvalue weighted by Gasteiger charge is -2.16. The number of nitrogens with two attached hydrogens (primary N) is 4. The van der Waals surface area contributed by atoms with E-state index in [1.54, 1.807) is 0 Å². The van der Waals surface area contributed by atoms with Crippen molar-refractivity contribution in [2.45, 2.75) is 5.66 Å². The Kier molecular flexibility index (Phi) is 1.91. The predicted molar refractivity (Wildman–Crippen MR) is 29.4 cm³/mol. The molecule has 5 nitrogen and oxygen atoms in total. The van der Waals surface area contributed by atoms with Gasteiger partial charge in [0.1, 0.15) is 0 Å². The highest BCUT2D eigenvalue weighted by atomic mass is 16.1. The normalized spacial score (nSPS) is 11.4. The second-order valence-electron chi connectivity index (χ2n) is 1.61. The van der Waals surface area contributed by atoms with Gasteiger partial charge in [-0.05, 0) is 0 Å². The first-order chi connectivity index (χ1) is 3.50. The van der Waals surface area contributed by atoms with Gasteiger partial charge in [-0.3, -0.25) is 4.79 Å². The molecule has 0 radical (unpaired) electrons. The van der Waals surface area contributed by atoms with Crippen LogP contribution in [0.2, 0.25) is 0 Å². The molecule has 5 heteroatoms. The lowest BCUT2D eigenvalue weighted by Crippen LogP contribution is -2.64. The average Bonchev–Trinajstić information content (AvgIpc) is 1.67. The van der Waals surface area contributed by atoms with Crippen molar-refractivity contribution < 1.29 is 4.79 Å². The Morgan fingerprint density at radius 1 is 1.50 bits per heavy atom. The lowest BCUT2D eigenvalue weighted by atomic mass is 10.2. The largest absolute Gasteiger partial charge is 0.367 e. The van der Waals surface area contributed by atoms with Crippen LogP contribution in [0, 0.1) is 0 Å². The highest BCUT2D eigenvalue weighted by Crippen LogP contribution is 1.80. The van der Waals surface area contributed by atoms with E-state index < -0.39 is 11.6 Å². The van der Waals surface area contributed by atoms with Crippen LogP contribution in [0.1, 0.15) is 0 Å². The van der Waals surface area contributed by atoms with E-state index in [-0.39, 0.29) is 6.54 Å². The summed E-state index contributed by atoms with van der Waals surface area (Å²) in [5.41, 5.74) is 18.2. The van der Waals surface area contributed by atoms with E-state index in [4.69, 9.17) is 22.9 Å². The SMILES string of the molecule is NCC(N)(N)C(N)=O. The fraction of sp³-hybridized carbons (Fsp3) is 0.667. The van der Waals surface area contributed by atoms with Gasteiger partial charge < -0.3 is 22.9 Å². The van der Waals surface area contributed by atoms with Gasteiger partial charge in [0.15, 0.2) is 5.66 Å². The maximum absolute atomic E-state index is 10.1. The van der Waals surface area contributed by atoms with Gasteiger partial charge in [0.05, 0.1) is 0 Å². The molecule has 0 heterocycles. The van der Waals surface area contributed by atoms with Gasteiger partial charge in [0, 0.05) is 6.54 Å². The highest BCUT2D eigenvalue weighted by Gasteiger charge is 2.23. The third-order valence-corrected chi connectivity index (χ3v) is 0.797. The summed E-state index contributed by atoms with van der Waals surface area (Å²) in [6.45, 7) is -0.137. The molecule has 0 saturated carbocycles. The molecule has 1 amide bonds. The van der Waals surface area contributed by atoms with Gasteiger partial charge in [-0.25, -0.2) is 0 Å². The fourth-order valence-corrected chi connectivity index (χ4v) is 0.101. The summed E-state index contributed by atoms with van der Waals surface area (Å²) in [6.07, 6.45) is 0. The van der Waals surface area contributed by atoms with Crippen molar-refractivity contribution in [1.82, 2.24) is 0 Å². The van der Waals surface area contributed by atoms with Gasteiger partial charge in [0.25, 0.3) is 5.91 Å². The number of hydrogen-bond donors (Lipinski definition) is 4. The van der Waals surface area contributed by atoms with E-state index in [2.05, 4.69) is 0 Å². The molecule has 0 saturated heterocycles. The van der Waals surface area contributed by atoms with E-state index in [1.165, 1.54) is 0 Å². The maximum atomic E-state index is 10.1. The molecule has 0 aromatic carbocycles. The molecule has 0 fully saturated rings. The molecule has 0 unspecified atom stereocenters. The van der Waals surface area contributed by atoms with Gasteiger partial charge in [-0.15, -0.1) is 0 Å². The summed E-state index contributed by atoms with van der Waals surface area (Å²) >= 11 is 0. The summed E-state index contributed by atoms with van der Waals surface area (Å²) in [6, 6.07) is 0. The van der Waals surface area contributed by atoms with Crippen LogP contribution in [-0.2, 0) is 4.79 Å². The van der Waals surface area contributed by atoms with Crippen molar-refractivity contribution in [3.63, 3.8) is 0 Å². The summed E-state index contributed by atoms with van der Waals surface area (Å²) in [7, 11) is 0. The molecule has 8 heavy (non-hydrogen) atoms. The Morgan fingerprint density at radius 2 is 1.88 bits per heavy atom. The van der Waals surface area contributed by atoms with E-state index in [0.717, 1.165) is 0 Å². The molecule has 8 N–H and O–H groups in total. The van der Waals surface area contributed by atoms with E-state index in [1.807, 2.05) is 0 Å². The molecule has 0 aliphatic carbocycles. The van der Waals surface area contributed by atoms with Crippen molar-refractivity contribution in [3.8, 4) is 0 Å². The zero-order chi connectivity index (χ0) is 6.78. The monoisotopic (exact) mass is 118 g/mol. The molecule has 0 atom stereocenters. The van der Waals surface area contributed by atoms with Gasteiger partial charge >= 0.3 is 0 Å². The first-order valence-corrected chi connectivity index (χ1v) is 2.08. The van der Waals surface area contributed by atoms with Crippen LogP contribution in [0.25, 0.3) is 0 Å². The van der Waals surface area contributed by atoms with Gasteiger partial charge in [-0.1, -0.05) is 0 Å². The molecular weight excluding hydrogens is 108 g/mol. The van der Waals surface area contributed by atoms with Crippen molar-refractivity contribution in [3.05, 3.63) is 0 Å². The van der Waals surface area contributed by atoms with Gasteiger partial charge in [-0.2, -0.15) is 0 Å². The van der Waals surface area contributed by atoms with Crippen LogP contribution < -0.4 is 22.9 Å². The zero-order valence-electron chi connectivity index (χ0n) is 4.42. The smallest absolute Gasteiger partial charge is 0.253 e. The number of amides is 1. The Bertz CT molecular complexity index is 99.5. The van der Waals surface area contributed by atoms with Crippen LogP contribution >= 0.6 is 0 Å². The van der Waals surface area contributed by atoms with Crippen LogP contribution in [0.15, 0.2) is 0 Å². The van der Waals surface area contributed by atoms with E-state index in [0.29, 0.717) is 0 Å². The number of hydrogen-bond acceptors (Lipinski definition) is 4. The molecule has 0 aromatic heterocycles. The zero-order valence-corrected chi connectivity index (χ0v) is 4.42. The van der Waals surface area contributed by atoms with E-state index >= 15 is 0 Å². The summed E-state index contributed by atoms with van der Waals surface area (Å²) in [4.78, 5) is 10.1. The molecule has 0 rings (SSSR count). The minimum Gasteiger partial charge on any atom is -0.367 e. The number of carbonyl (C=O) groups is 1.